The Labute approximate surface area is 436 Å². The molecule has 0 radical (unpaired) electrons. The molecule has 0 saturated heterocycles. The Morgan fingerprint density at radius 1 is 0.589 bits per heavy atom. The van der Waals surface area contributed by atoms with Crippen LogP contribution in [-0.2, 0) is 28.8 Å². The molecule has 2 N–H and O–H groups in total. The summed E-state index contributed by atoms with van der Waals surface area (Å²) in [6.07, 6.45) is 18.1. The van der Waals surface area contributed by atoms with Gasteiger partial charge in [-0.05, 0) is 169 Å². The molecule has 73 heavy (non-hydrogen) atoms. The molecule has 0 unspecified atom stereocenters. The average Bonchev–Trinajstić information content (AvgIpc) is 3.28. The van der Waals surface area contributed by atoms with Crippen LogP contribution in [-0.4, -0.2) is 45.3 Å². The molecule has 15 atom stereocenters. The minimum Gasteiger partial charge on any atom is -0.481 e. The maximum Gasteiger partial charge on any atom is 0.309 e. The van der Waals surface area contributed by atoms with E-state index in [1.165, 1.54) is 0 Å². The predicted molar refractivity (Wildman–Crippen MR) is 280 cm³/mol. The van der Waals surface area contributed by atoms with Gasteiger partial charge in [0.15, 0.2) is 17.3 Å². The molecule has 0 amide bonds. The zero-order valence-electron chi connectivity index (χ0n) is 46.8. The Balaban J connectivity index is 0.000000180. The Bertz CT molecular complexity index is 2690. The Kier molecular flexibility index (Phi) is 11.9. The topological polar surface area (TPSA) is 152 Å². The second kappa shape index (κ2) is 16.2. The molecule has 10 aliphatic rings. The van der Waals surface area contributed by atoms with Crippen molar-refractivity contribution in [2.45, 2.75) is 200 Å². The predicted octanol–water partition coefficient (Wildman–Crippen LogP) is 13.8. The van der Waals surface area contributed by atoms with Gasteiger partial charge in [-0.25, -0.2) is 9.69 Å². The average molecular weight is 999 g/mol. The molecule has 0 aromatic heterocycles. The van der Waals surface area contributed by atoms with Crippen LogP contribution < -0.4 is 0 Å². The quantitative estimate of drug-likeness (QED) is 0.265. The molecule has 7 saturated carbocycles. The van der Waals surface area contributed by atoms with Crippen LogP contribution in [0.3, 0.4) is 0 Å². The molecule has 10 heteroatoms. The Morgan fingerprint density at radius 2 is 1.11 bits per heavy atom. The summed E-state index contributed by atoms with van der Waals surface area (Å²) in [5, 5.41) is 20.4. The lowest BCUT2D eigenvalue weighted by Gasteiger charge is -2.71. The van der Waals surface area contributed by atoms with Crippen LogP contribution in [0, 0.1) is 120 Å². The molecule has 0 aliphatic heterocycles. The third kappa shape index (κ3) is 7.00. The highest BCUT2D eigenvalue weighted by molar-refractivity contribution is 6.03. The van der Waals surface area contributed by atoms with E-state index in [0.29, 0.717) is 19.3 Å². The van der Waals surface area contributed by atoms with Gasteiger partial charge in [0.05, 0.1) is 25.0 Å². The number of aliphatic carboxylic acids is 2. The van der Waals surface area contributed by atoms with Gasteiger partial charge in [0.2, 0.25) is 11.4 Å². The number of Topliss-reactive ketones (excluding diaryl/α,β-unsaturated/α-hetero) is 3. The molecule has 10 rings (SSSR count). The van der Waals surface area contributed by atoms with E-state index < -0.39 is 39.0 Å². The van der Waals surface area contributed by atoms with Gasteiger partial charge in [-0.3, -0.25) is 19.2 Å². The zero-order valence-corrected chi connectivity index (χ0v) is 46.8. The van der Waals surface area contributed by atoms with Crippen LogP contribution in [0.2, 0.25) is 0 Å². The van der Waals surface area contributed by atoms with Crippen LogP contribution in [0.1, 0.15) is 200 Å². The molecule has 396 valence electrons. The number of carbonyl (C=O) groups excluding carboxylic acids is 4. The number of nitrogens with zero attached hydrogens (tertiary/aromatic N) is 2. The second-order valence-electron chi connectivity index (χ2n) is 30.3. The number of carboxylic acids is 2. The van der Waals surface area contributed by atoms with Crippen molar-refractivity contribution in [3.8, 4) is 0 Å². The number of ketones is 4. The van der Waals surface area contributed by atoms with Gasteiger partial charge < -0.3 is 19.8 Å². The van der Waals surface area contributed by atoms with Gasteiger partial charge >= 0.3 is 11.9 Å². The van der Waals surface area contributed by atoms with E-state index in [1.54, 1.807) is 0 Å². The highest BCUT2D eigenvalue weighted by Crippen LogP contribution is 2.78. The lowest BCUT2D eigenvalue weighted by atomic mass is 9.31. The number of fused-ring (bicyclic) bond motifs is 14. The summed E-state index contributed by atoms with van der Waals surface area (Å²) in [4.78, 5) is 87.2. The van der Waals surface area contributed by atoms with E-state index in [0.717, 1.165) is 82.6 Å². The molecule has 0 heterocycles. The van der Waals surface area contributed by atoms with E-state index in [1.807, 2.05) is 45.9 Å². The monoisotopic (exact) mass is 999 g/mol. The van der Waals surface area contributed by atoms with Gasteiger partial charge in [-0.2, -0.15) is 0 Å². The summed E-state index contributed by atoms with van der Waals surface area (Å²) >= 11 is 0. The smallest absolute Gasteiger partial charge is 0.309 e. The summed E-state index contributed by atoms with van der Waals surface area (Å²) in [6, 6.07) is 0. The standard InChI is InChI=1S/C32H43NO4.C31H43NO4/c1-27(2)11-13-32(18-24(35)36)14-12-31(7)25(19(32)16-27)21(34)15-23-29(5)17-20(33-8)26(37)28(3,4)22(29)9-10-30(23,31)6;1-26(2)11-13-31(25(35)36)14-12-30(7)23(18(31)16-26)20(33)15-22-28(5)17-19(32-8)24(34)27(3,4)21(28)9-10-29(22,30)6/h15,17,19,22,25H,9-14,16,18H2,1-7H3,(H,35,36);17-18,21-23H,9-16H2,1-7H3,(H,35,36)/t19-,22-,25-,29-,30+,31+,32+;18-,21-,22+,23-,28-,29+,30+,31-/m00/s1. The SMILES string of the molecule is [C-]#[N+]C1=C[C@]2(C)C3=CC(=O)[C@@H]4[C@@H]5CC(C)(C)CC[C@]5(CC(=O)O)CC[C@@]4(C)[C@]3(C)CC[C@H]2C(C)(C)C1=O.[C-]#[N+]C1=C[C@]2(C)[C@H]3CC(=O)[C@@H]4[C@@H]5CC(C)(C)CC[C@]5(C(=O)O)CC[C@@]4(C)[C@]3(C)CC[C@H]2C(C)(C)C1=O. The maximum absolute atomic E-state index is 14.3. The summed E-state index contributed by atoms with van der Waals surface area (Å²) in [6.45, 7) is 46.0. The lowest BCUT2D eigenvalue weighted by Crippen LogP contribution is -2.69. The first kappa shape index (κ1) is 53.6. The van der Waals surface area contributed by atoms with Gasteiger partial charge in [-0.15, -0.1) is 0 Å². The normalized spacial score (nSPS) is 47.3. The van der Waals surface area contributed by atoms with E-state index >= 15 is 0 Å². The van der Waals surface area contributed by atoms with Crippen molar-refractivity contribution in [2.75, 3.05) is 0 Å². The molecule has 0 aromatic rings. The van der Waals surface area contributed by atoms with Crippen molar-refractivity contribution in [1.29, 1.82) is 0 Å². The van der Waals surface area contributed by atoms with Crippen LogP contribution in [0.4, 0.5) is 0 Å². The summed E-state index contributed by atoms with van der Waals surface area (Å²) < 4.78 is 0. The van der Waals surface area contributed by atoms with Crippen molar-refractivity contribution in [3.63, 3.8) is 0 Å². The zero-order chi connectivity index (χ0) is 54.1. The first-order valence-corrected chi connectivity index (χ1v) is 28.0. The van der Waals surface area contributed by atoms with Gasteiger partial charge in [0, 0.05) is 34.5 Å². The van der Waals surface area contributed by atoms with E-state index in [4.69, 9.17) is 13.1 Å². The fraction of sp³-hybridized carbons (Fsp3) is 0.778. The maximum atomic E-state index is 14.3. The highest BCUT2D eigenvalue weighted by atomic mass is 16.4. The first-order valence-electron chi connectivity index (χ1n) is 28.0. The van der Waals surface area contributed by atoms with Gasteiger partial charge in [0.25, 0.3) is 0 Å². The highest BCUT2D eigenvalue weighted by Gasteiger charge is 2.74. The van der Waals surface area contributed by atoms with Crippen molar-refractivity contribution in [2.24, 2.45) is 106 Å². The van der Waals surface area contributed by atoms with E-state index in [9.17, 15) is 39.0 Å². The van der Waals surface area contributed by atoms with Crippen molar-refractivity contribution >= 4 is 35.1 Å². The first-order chi connectivity index (χ1) is 33.5. The largest absolute Gasteiger partial charge is 0.481 e. The Morgan fingerprint density at radius 3 is 1.70 bits per heavy atom. The lowest BCUT2D eigenvalue weighted by molar-refractivity contribution is -0.225. The molecule has 0 bridgehead atoms. The van der Waals surface area contributed by atoms with Crippen LogP contribution in [0.25, 0.3) is 9.69 Å². The number of allylic oxidation sites excluding steroid dienone is 6. The Hall–Kier alpha value is -4.18. The fourth-order valence-electron chi connectivity index (χ4n) is 21.0. The van der Waals surface area contributed by atoms with Crippen LogP contribution in [0.15, 0.2) is 35.2 Å². The van der Waals surface area contributed by atoms with E-state index in [-0.39, 0.29) is 120 Å². The van der Waals surface area contributed by atoms with E-state index in [2.05, 4.69) is 78.9 Å². The van der Waals surface area contributed by atoms with Gasteiger partial charge in [0.1, 0.15) is 5.78 Å². The molecule has 10 nitrogen and oxygen atoms in total. The van der Waals surface area contributed by atoms with Crippen LogP contribution in [0.5, 0.6) is 0 Å². The van der Waals surface area contributed by atoms with Crippen LogP contribution >= 0.6 is 0 Å². The fourth-order valence-corrected chi connectivity index (χ4v) is 21.0. The number of carbonyl (C=O) groups is 6. The third-order valence-corrected chi connectivity index (χ3v) is 25.4. The number of hydrogen-bond donors (Lipinski definition) is 2. The number of rotatable bonds is 3. The molecular formula is C63H86N2O8. The summed E-state index contributed by atoms with van der Waals surface area (Å²) in [5.41, 5.74) is -2.72. The number of hydrogen-bond acceptors (Lipinski definition) is 6. The minimum absolute atomic E-state index is 0.0323. The van der Waals surface area contributed by atoms with Gasteiger partial charge in [-0.1, -0.05) is 115 Å². The minimum atomic E-state index is -0.796. The molecular weight excluding hydrogens is 913 g/mol. The second-order valence-corrected chi connectivity index (χ2v) is 30.3. The molecule has 7 fully saturated rings. The summed E-state index contributed by atoms with van der Waals surface area (Å²) in [5.74, 6) is -1.61. The van der Waals surface area contributed by atoms with Crippen molar-refractivity contribution in [3.05, 3.63) is 58.0 Å². The molecule has 0 spiro atoms. The van der Waals surface area contributed by atoms with Crippen molar-refractivity contribution in [1.82, 2.24) is 0 Å². The third-order valence-electron chi connectivity index (χ3n) is 25.4. The number of carboxylic acid groups (broad SMARTS) is 2. The molecule has 0 aromatic carbocycles. The molecule has 10 aliphatic carbocycles. The summed E-state index contributed by atoms with van der Waals surface area (Å²) in [7, 11) is 0. The van der Waals surface area contributed by atoms with Crippen molar-refractivity contribution < 1.29 is 39.0 Å².